The molecule has 15 heavy (non-hydrogen) atoms. The Bertz CT molecular complexity index is 269. The number of ether oxygens (including phenoxy) is 1. The van der Waals surface area contributed by atoms with E-state index in [9.17, 15) is 4.79 Å². The van der Waals surface area contributed by atoms with Crippen molar-refractivity contribution in [3.05, 3.63) is 0 Å². The Kier molecular flexibility index (Phi) is 2.53. The molecule has 2 aliphatic rings. The normalized spacial score (nSPS) is 39.5. The fourth-order valence-electron chi connectivity index (χ4n) is 2.61. The van der Waals surface area contributed by atoms with Crippen LogP contribution in [-0.2, 0) is 9.53 Å². The number of esters is 1. The Hall–Kier alpha value is -0.570. The summed E-state index contributed by atoms with van der Waals surface area (Å²) in [7, 11) is 0. The van der Waals surface area contributed by atoms with E-state index in [2.05, 4.69) is 0 Å². The van der Waals surface area contributed by atoms with Gasteiger partial charge in [-0.1, -0.05) is 0 Å². The van der Waals surface area contributed by atoms with Crippen LogP contribution in [0.5, 0.6) is 0 Å². The van der Waals surface area contributed by atoms with Crippen LogP contribution in [-0.4, -0.2) is 17.6 Å². The largest absolute Gasteiger partial charge is 0.460 e. The van der Waals surface area contributed by atoms with E-state index in [4.69, 9.17) is 10.5 Å². The maximum absolute atomic E-state index is 11.8. The van der Waals surface area contributed by atoms with Gasteiger partial charge in [-0.05, 0) is 51.9 Å². The molecule has 0 aliphatic heterocycles. The maximum Gasteiger partial charge on any atom is 0.309 e. The molecule has 0 aromatic carbocycles. The van der Waals surface area contributed by atoms with Crippen LogP contribution in [0.1, 0.15) is 40.0 Å². The predicted octanol–water partition coefficient (Wildman–Crippen LogP) is 1.70. The second kappa shape index (κ2) is 3.48. The molecule has 3 nitrogen and oxygen atoms in total. The van der Waals surface area contributed by atoms with E-state index in [-0.39, 0.29) is 23.5 Å². The van der Waals surface area contributed by atoms with Gasteiger partial charge >= 0.3 is 5.97 Å². The summed E-state index contributed by atoms with van der Waals surface area (Å²) in [5, 5.41) is 0. The minimum Gasteiger partial charge on any atom is -0.460 e. The number of nitrogens with two attached hydrogens (primary N) is 1. The van der Waals surface area contributed by atoms with Gasteiger partial charge in [0.1, 0.15) is 5.60 Å². The number of rotatable bonds is 1. The van der Waals surface area contributed by atoms with Crippen LogP contribution in [0, 0.1) is 17.8 Å². The van der Waals surface area contributed by atoms with Crippen LogP contribution in [0.2, 0.25) is 0 Å². The lowest BCUT2D eigenvalue weighted by Gasteiger charge is -2.28. The first-order chi connectivity index (χ1) is 6.87. The van der Waals surface area contributed by atoms with Crippen molar-refractivity contribution in [3.8, 4) is 0 Å². The van der Waals surface area contributed by atoms with Gasteiger partial charge in [-0.15, -0.1) is 0 Å². The minimum atomic E-state index is -0.373. The molecule has 2 saturated carbocycles. The van der Waals surface area contributed by atoms with Crippen LogP contribution in [0.3, 0.4) is 0 Å². The van der Waals surface area contributed by atoms with Gasteiger partial charge in [0.05, 0.1) is 5.92 Å². The highest BCUT2D eigenvalue weighted by molar-refractivity contribution is 5.73. The standard InChI is InChI=1S/C12H21NO2/c1-12(2,3)15-11(14)8-4-7-5-9(7)10(13)6-8/h7-10H,4-6,13H2,1-3H3/t7?,8-,9?,10+/m1/s1. The number of hydrogen-bond donors (Lipinski definition) is 1. The zero-order chi connectivity index (χ0) is 11.2. The van der Waals surface area contributed by atoms with Gasteiger partial charge in [-0.3, -0.25) is 4.79 Å². The van der Waals surface area contributed by atoms with Crippen molar-refractivity contribution in [2.24, 2.45) is 23.5 Å². The first-order valence-electron chi connectivity index (χ1n) is 5.85. The second-order valence-electron chi connectivity index (χ2n) is 6.03. The van der Waals surface area contributed by atoms with Gasteiger partial charge in [-0.25, -0.2) is 0 Å². The smallest absolute Gasteiger partial charge is 0.309 e. The SMILES string of the molecule is CC(C)(C)OC(=O)[C@@H]1CC2CC2[C@@H](N)C1. The molecule has 0 radical (unpaired) electrons. The van der Waals surface area contributed by atoms with Crippen molar-refractivity contribution < 1.29 is 9.53 Å². The molecule has 2 unspecified atom stereocenters. The van der Waals surface area contributed by atoms with Gasteiger partial charge in [0.2, 0.25) is 0 Å². The number of fused-ring (bicyclic) bond motifs is 1. The van der Waals surface area contributed by atoms with E-state index < -0.39 is 0 Å². The highest BCUT2D eigenvalue weighted by Crippen LogP contribution is 2.51. The van der Waals surface area contributed by atoms with E-state index in [1.165, 1.54) is 6.42 Å². The van der Waals surface area contributed by atoms with Gasteiger partial charge in [-0.2, -0.15) is 0 Å². The lowest BCUT2D eigenvalue weighted by Crippen LogP contribution is -2.37. The molecule has 0 heterocycles. The second-order valence-corrected chi connectivity index (χ2v) is 6.03. The van der Waals surface area contributed by atoms with Crippen LogP contribution in [0.4, 0.5) is 0 Å². The molecular weight excluding hydrogens is 190 g/mol. The predicted molar refractivity (Wildman–Crippen MR) is 58.1 cm³/mol. The summed E-state index contributed by atoms with van der Waals surface area (Å²) >= 11 is 0. The van der Waals surface area contributed by atoms with Crippen molar-refractivity contribution in [2.75, 3.05) is 0 Å². The van der Waals surface area contributed by atoms with Crippen molar-refractivity contribution in [1.82, 2.24) is 0 Å². The first kappa shape index (κ1) is 10.9. The summed E-state index contributed by atoms with van der Waals surface area (Å²) in [4.78, 5) is 11.8. The van der Waals surface area contributed by atoms with E-state index >= 15 is 0 Å². The van der Waals surface area contributed by atoms with Gasteiger partial charge in [0.25, 0.3) is 0 Å². The molecule has 0 aromatic rings. The molecule has 0 aromatic heterocycles. The average molecular weight is 211 g/mol. The monoisotopic (exact) mass is 211 g/mol. The maximum atomic E-state index is 11.8. The van der Waals surface area contributed by atoms with Crippen LogP contribution < -0.4 is 5.73 Å². The lowest BCUT2D eigenvalue weighted by molar-refractivity contribution is -0.161. The number of carbonyl (C=O) groups is 1. The summed E-state index contributed by atoms with van der Waals surface area (Å²) < 4.78 is 5.40. The Labute approximate surface area is 91.4 Å². The number of carbonyl (C=O) groups excluding carboxylic acids is 1. The van der Waals surface area contributed by atoms with E-state index in [0.29, 0.717) is 11.8 Å². The zero-order valence-corrected chi connectivity index (χ0v) is 9.82. The fourth-order valence-corrected chi connectivity index (χ4v) is 2.61. The Morgan fingerprint density at radius 2 is 1.93 bits per heavy atom. The molecular formula is C12H21NO2. The third kappa shape index (κ3) is 2.51. The van der Waals surface area contributed by atoms with Crippen LogP contribution in [0.15, 0.2) is 0 Å². The zero-order valence-electron chi connectivity index (χ0n) is 9.82. The van der Waals surface area contributed by atoms with Crippen LogP contribution >= 0.6 is 0 Å². The summed E-state index contributed by atoms with van der Waals surface area (Å²) in [6.45, 7) is 5.73. The fraction of sp³-hybridized carbons (Fsp3) is 0.917. The summed E-state index contributed by atoms with van der Waals surface area (Å²) in [5.74, 6) is 1.39. The molecule has 0 saturated heterocycles. The molecule has 0 bridgehead atoms. The van der Waals surface area contributed by atoms with E-state index in [1.807, 2.05) is 20.8 Å². The highest BCUT2D eigenvalue weighted by atomic mass is 16.6. The highest BCUT2D eigenvalue weighted by Gasteiger charge is 2.49. The number of hydrogen-bond acceptors (Lipinski definition) is 3. The molecule has 2 N–H and O–H groups in total. The molecule has 4 atom stereocenters. The summed E-state index contributed by atoms with van der Waals surface area (Å²) in [5.41, 5.74) is 5.63. The Balaban J connectivity index is 1.90. The summed E-state index contributed by atoms with van der Waals surface area (Å²) in [6.07, 6.45) is 3.03. The lowest BCUT2D eigenvalue weighted by atomic mass is 9.86. The van der Waals surface area contributed by atoms with Crippen molar-refractivity contribution in [1.29, 1.82) is 0 Å². The van der Waals surface area contributed by atoms with Gasteiger partial charge < -0.3 is 10.5 Å². The van der Waals surface area contributed by atoms with Crippen molar-refractivity contribution in [3.63, 3.8) is 0 Å². The van der Waals surface area contributed by atoms with Crippen molar-refractivity contribution >= 4 is 5.97 Å². The van der Waals surface area contributed by atoms with Crippen molar-refractivity contribution in [2.45, 2.75) is 51.7 Å². The Morgan fingerprint density at radius 3 is 2.47 bits per heavy atom. The van der Waals surface area contributed by atoms with E-state index in [0.717, 1.165) is 12.8 Å². The van der Waals surface area contributed by atoms with E-state index in [1.54, 1.807) is 0 Å². The molecule has 3 heteroatoms. The van der Waals surface area contributed by atoms with Crippen LogP contribution in [0.25, 0.3) is 0 Å². The van der Waals surface area contributed by atoms with Gasteiger partial charge in [0, 0.05) is 6.04 Å². The summed E-state index contributed by atoms with van der Waals surface area (Å²) in [6, 6.07) is 0.223. The minimum absolute atomic E-state index is 0.0444. The molecule has 2 rings (SSSR count). The molecule has 2 aliphatic carbocycles. The van der Waals surface area contributed by atoms with Gasteiger partial charge in [0.15, 0.2) is 0 Å². The Morgan fingerprint density at radius 1 is 1.27 bits per heavy atom. The third-order valence-corrected chi connectivity index (χ3v) is 3.41. The first-order valence-corrected chi connectivity index (χ1v) is 5.85. The molecule has 0 spiro atoms. The topological polar surface area (TPSA) is 52.3 Å². The average Bonchev–Trinajstić information content (AvgIpc) is 2.79. The molecule has 86 valence electrons. The quantitative estimate of drug-likeness (QED) is 0.672. The molecule has 0 amide bonds. The molecule has 2 fully saturated rings. The third-order valence-electron chi connectivity index (χ3n) is 3.41.